The van der Waals surface area contributed by atoms with E-state index in [9.17, 15) is 19.7 Å². The Morgan fingerprint density at radius 3 is 2.28 bits per heavy atom. The zero-order valence-corrected chi connectivity index (χ0v) is 19.8. The van der Waals surface area contributed by atoms with Crippen molar-refractivity contribution in [1.82, 2.24) is 4.90 Å². The number of ether oxygens (including phenoxy) is 1. The normalized spacial score (nSPS) is 14.6. The molecule has 36 heavy (non-hydrogen) atoms. The monoisotopic (exact) mass is 496 g/mol. The van der Waals surface area contributed by atoms with E-state index in [4.69, 9.17) is 4.74 Å². The van der Waals surface area contributed by atoms with Crippen LogP contribution in [0, 0.1) is 10.1 Å². The number of benzene rings is 4. The van der Waals surface area contributed by atoms with E-state index in [1.54, 1.807) is 18.2 Å². The van der Waals surface area contributed by atoms with E-state index in [1.807, 2.05) is 42.5 Å². The molecule has 1 aliphatic heterocycles. The van der Waals surface area contributed by atoms with Crippen LogP contribution in [0.25, 0.3) is 16.8 Å². The molecule has 5 rings (SSSR count). The molecule has 4 aromatic carbocycles. The van der Waals surface area contributed by atoms with Crippen molar-refractivity contribution in [3.8, 4) is 5.75 Å². The third-order valence-corrected chi connectivity index (χ3v) is 6.67. The molecule has 0 atom stereocenters. The fourth-order valence-electron chi connectivity index (χ4n) is 3.85. The molecule has 8 heteroatoms. The van der Waals surface area contributed by atoms with Gasteiger partial charge in [0.2, 0.25) is 0 Å². The number of nitro groups is 1. The van der Waals surface area contributed by atoms with Crippen LogP contribution < -0.4 is 4.74 Å². The number of hydrogen-bond acceptors (Lipinski definition) is 6. The lowest BCUT2D eigenvalue weighted by molar-refractivity contribution is -0.384. The number of carbonyl (C=O) groups is 2. The van der Waals surface area contributed by atoms with Crippen molar-refractivity contribution < 1.29 is 19.2 Å². The number of imide groups is 1. The quantitative estimate of drug-likeness (QED) is 0.163. The maximum Gasteiger partial charge on any atom is 0.293 e. The topological polar surface area (TPSA) is 89.8 Å². The summed E-state index contributed by atoms with van der Waals surface area (Å²) in [4.78, 5) is 37.0. The Bertz CT molecular complexity index is 1500. The first-order chi connectivity index (χ1) is 17.5. The van der Waals surface area contributed by atoms with Gasteiger partial charge < -0.3 is 4.74 Å². The molecule has 2 amide bonds. The summed E-state index contributed by atoms with van der Waals surface area (Å²) in [6.07, 6.45) is 1.67. The van der Waals surface area contributed by atoms with Gasteiger partial charge in [-0.2, -0.15) is 0 Å². The van der Waals surface area contributed by atoms with Gasteiger partial charge in [0.15, 0.2) is 0 Å². The third-order valence-electron chi connectivity index (χ3n) is 5.76. The molecule has 1 saturated heterocycles. The van der Waals surface area contributed by atoms with Gasteiger partial charge in [-0.3, -0.25) is 24.6 Å². The maximum atomic E-state index is 12.8. The Balaban J connectivity index is 1.22. The van der Waals surface area contributed by atoms with E-state index in [0.717, 1.165) is 33.2 Å². The Morgan fingerprint density at radius 1 is 0.861 bits per heavy atom. The molecule has 7 nitrogen and oxygen atoms in total. The van der Waals surface area contributed by atoms with Gasteiger partial charge in [0, 0.05) is 12.1 Å². The van der Waals surface area contributed by atoms with Gasteiger partial charge in [-0.15, -0.1) is 0 Å². The van der Waals surface area contributed by atoms with E-state index in [2.05, 4.69) is 24.3 Å². The van der Waals surface area contributed by atoms with Crippen molar-refractivity contribution in [2.24, 2.45) is 0 Å². The summed E-state index contributed by atoms with van der Waals surface area (Å²) in [5.41, 5.74) is 2.43. The molecule has 0 unspecified atom stereocenters. The second kappa shape index (κ2) is 10.1. The lowest BCUT2D eigenvalue weighted by Gasteiger charge is -2.12. The Kier molecular flexibility index (Phi) is 6.51. The number of hydrogen-bond donors (Lipinski definition) is 0. The fourth-order valence-corrected chi connectivity index (χ4v) is 4.69. The first-order valence-electron chi connectivity index (χ1n) is 11.2. The van der Waals surface area contributed by atoms with E-state index >= 15 is 0 Å². The number of thioether (sulfide) groups is 1. The van der Waals surface area contributed by atoms with Crippen LogP contribution in [0.4, 0.5) is 10.5 Å². The van der Waals surface area contributed by atoms with Crippen LogP contribution in [0.5, 0.6) is 5.75 Å². The second-order valence-corrected chi connectivity index (χ2v) is 9.22. The summed E-state index contributed by atoms with van der Waals surface area (Å²) < 4.78 is 5.91. The molecule has 1 aliphatic rings. The predicted molar refractivity (Wildman–Crippen MR) is 139 cm³/mol. The predicted octanol–water partition coefficient (Wildman–Crippen LogP) is 6.56. The minimum absolute atomic E-state index is 0.0440. The number of nitro benzene ring substituents is 1. The summed E-state index contributed by atoms with van der Waals surface area (Å²) in [7, 11) is 0. The first kappa shape index (κ1) is 23.3. The summed E-state index contributed by atoms with van der Waals surface area (Å²) in [5.74, 6) is 0.312. The molecule has 0 aromatic heterocycles. The number of fused-ring (bicyclic) bond motifs is 1. The molecule has 0 spiro atoms. The van der Waals surface area contributed by atoms with Gasteiger partial charge in [-0.1, -0.05) is 60.7 Å². The van der Waals surface area contributed by atoms with Crippen molar-refractivity contribution in [1.29, 1.82) is 0 Å². The summed E-state index contributed by atoms with van der Waals surface area (Å²) in [5, 5.41) is 12.8. The second-order valence-electron chi connectivity index (χ2n) is 8.23. The molecular weight excluding hydrogens is 476 g/mol. The highest BCUT2D eigenvalue weighted by atomic mass is 32.2. The van der Waals surface area contributed by atoms with Gasteiger partial charge in [0.25, 0.3) is 16.8 Å². The van der Waals surface area contributed by atoms with Crippen molar-refractivity contribution in [2.75, 3.05) is 0 Å². The van der Waals surface area contributed by atoms with E-state index in [0.29, 0.717) is 22.8 Å². The lowest BCUT2D eigenvalue weighted by Crippen LogP contribution is -2.27. The van der Waals surface area contributed by atoms with Crippen molar-refractivity contribution in [3.05, 3.63) is 123 Å². The van der Waals surface area contributed by atoms with Gasteiger partial charge in [0.1, 0.15) is 12.4 Å². The standard InChI is InChI=1S/C28H20N2O5S/c31-27-26(36-28(32)29(27)17-20-6-11-24(12-7-20)30(33)34)16-19-8-13-25(14-9-19)35-18-21-5-10-22-3-1-2-4-23(22)15-21/h1-16H,17-18H2/b26-16-. The average molecular weight is 497 g/mol. The Hall–Kier alpha value is -4.43. The zero-order valence-electron chi connectivity index (χ0n) is 19.0. The molecule has 178 valence electrons. The largest absolute Gasteiger partial charge is 0.489 e. The summed E-state index contributed by atoms with van der Waals surface area (Å²) in [6, 6.07) is 27.5. The molecule has 0 aliphatic carbocycles. The van der Waals surface area contributed by atoms with Crippen LogP contribution in [0.15, 0.2) is 95.9 Å². The SMILES string of the molecule is O=C1S/C(=C\c2ccc(OCc3ccc4ccccc4c3)cc2)C(=O)N1Cc1ccc([N+](=O)[O-])cc1. The van der Waals surface area contributed by atoms with Crippen LogP contribution in [0.3, 0.4) is 0 Å². The highest BCUT2D eigenvalue weighted by molar-refractivity contribution is 8.18. The molecule has 1 heterocycles. The lowest BCUT2D eigenvalue weighted by atomic mass is 10.1. The highest BCUT2D eigenvalue weighted by Gasteiger charge is 2.35. The smallest absolute Gasteiger partial charge is 0.293 e. The van der Waals surface area contributed by atoms with Crippen LogP contribution in [-0.2, 0) is 17.9 Å². The van der Waals surface area contributed by atoms with Crippen LogP contribution in [-0.4, -0.2) is 21.0 Å². The van der Waals surface area contributed by atoms with Crippen molar-refractivity contribution >= 4 is 45.4 Å². The number of rotatable bonds is 7. The fraction of sp³-hybridized carbons (Fsp3) is 0.0714. The highest BCUT2D eigenvalue weighted by Crippen LogP contribution is 2.33. The molecule has 0 saturated carbocycles. The average Bonchev–Trinajstić information content (AvgIpc) is 3.15. The van der Waals surface area contributed by atoms with Crippen molar-refractivity contribution in [3.63, 3.8) is 0 Å². The van der Waals surface area contributed by atoms with Gasteiger partial charge in [-0.05, 0) is 63.5 Å². The minimum atomic E-state index is -0.494. The molecule has 0 N–H and O–H groups in total. The molecule has 4 aromatic rings. The first-order valence-corrected chi connectivity index (χ1v) is 12.0. The zero-order chi connectivity index (χ0) is 25.1. The minimum Gasteiger partial charge on any atom is -0.489 e. The van der Waals surface area contributed by atoms with Crippen LogP contribution >= 0.6 is 11.8 Å². The number of carbonyl (C=O) groups excluding carboxylic acids is 2. The summed E-state index contributed by atoms with van der Waals surface area (Å²) >= 11 is 0.876. The molecule has 0 radical (unpaired) electrons. The Morgan fingerprint density at radius 2 is 1.56 bits per heavy atom. The summed E-state index contributed by atoms with van der Waals surface area (Å²) in [6.45, 7) is 0.493. The Labute approximate surface area is 211 Å². The number of amides is 2. The van der Waals surface area contributed by atoms with Gasteiger partial charge in [-0.25, -0.2) is 0 Å². The molecule has 0 bridgehead atoms. The molecular formula is C28H20N2O5S. The van der Waals surface area contributed by atoms with Crippen LogP contribution in [0.2, 0.25) is 0 Å². The van der Waals surface area contributed by atoms with E-state index in [-0.39, 0.29) is 23.4 Å². The number of nitrogens with zero attached hydrogens (tertiary/aromatic N) is 2. The maximum absolute atomic E-state index is 12.8. The number of non-ortho nitro benzene ring substituents is 1. The van der Waals surface area contributed by atoms with E-state index < -0.39 is 4.92 Å². The molecule has 1 fully saturated rings. The third kappa shape index (κ3) is 5.13. The van der Waals surface area contributed by atoms with Crippen LogP contribution in [0.1, 0.15) is 16.7 Å². The van der Waals surface area contributed by atoms with Crippen molar-refractivity contribution in [2.45, 2.75) is 13.2 Å². The van der Waals surface area contributed by atoms with E-state index in [1.165, 1.54) is 17.5 Å². The van der Waals surface area contributed by atoms with Gasteiger partial charge in [0.05, 0.1) is 16.4 Å². The van der Waals surface area contributed by atoms with Gasteiger partial charge >= 0.3 is 0 Å².